The number of benzene rings is 1. The lowest BCUT2D eigenvalue weighted by atomic mass is 9.72. The molecule has 0 spiro atoms. The second kappa shape index (κ2) is 7.66. The quantitative estimate of drug-likeness (QED) is 0.773. The van der Waals surface area contributed by atoms with Crippen molar-refractivity contribution in [2.75, 3.05) is 20.3 Å². The molecule has 0 aliphatic rings. The molecule has 0 aromatic heterocycles. The summed E-state index contributed by atoms with van der Waals surface area (Å²) in [5.74, 6) is 0.579. The van der Waals surface area contributed by atoms with Gasteiger partial charge in [-0.1, -0.05) is 58.0 Å². The molecule has 0 bridgehead atoms. The van der Waals surface area contributed by atoms with Gasteiger partial charge in [0.15, 0.2) is 0 Å². The van der Waals surface area contributed by atoms with Gasteiger partial charge < -0.3 is 10.1 Å². The average Bonchev–Trinajstić information content (AvgIpc) is 2.43. The first kappa shape index (κ1) is 16.2. The normalized spacial score (nSPS) is 15.2. The fourth-order valence-corrected chi connectivity index (χ4v) is 2.91. The van der Waals surface area contributed by atoms with Crippen molar-refractivity contribution in [3.63, 3.8) is 0 Å². The number of hydrogen-bond donors (Lipinski definition) is 1. The zero-order chi connectivity index (χ0) is 14.3. The molecule has 2 unspecified atom stereocenters. The summed E-state index contributed by atoms with van der Waals surface area (Å²) in [4.78, 5) is 0. The van der Waals surface area contributed by atoms with Gasteiger partial charge in [0.05, 0.1) is 0 Å². The molecule has 2 atom stereocenters. The van der Waals surface area contributed by atoms with Crippen LogP contribution in [0.3, 0.4) is 0 Å². The van der Waals surface area contributed by atoms with Crippen LogP contribution in [0.2, 0.25) is 0 Å². The third-order valence-corrected chi connectivity index (χ3v) is 4.07. The molecule has 0 aliphatic carbocycles. The van der Waals surface area contributed by atoms with E-state index in [-0.39, 0.29) is 5.41 Å². The lowest BCUT2D eigenvalue weighted by Gasteiger charge is -2.39. The van der Waals surface area contributed by atoms with Crippen LogP contribution in [0.25, 0.3) is 0 Å². The molecule has 1 aromatic carbocycles. The van der Waals surface area contributed by atoms with Gasteiger partial charge in [0.2, 0.25) is 0 Å². The van der Waals surface area contributed by atoms with Crippen molar-refractivity contribution in [1.82, 2.24) is 5.32 Å². The smallest absolute Gasteiger partial charge is 0.0465 e. The summed E-state index contributed by atoms with van der Waals surface area (Å²) >= 11 is 0. The molecule has 1 N–H and O–H groups in total. The van der Waals surface area contributed by atoms with Crippen LogP contribution in [-0.4, -0.2) is 26.3 Å². The Labute approximate surface area is 118 Å². The van der Waals surface area contributed by atoms with Crippen LogP contribution < -0.4 is 5.32 Å². The Morgan fingerprint density at radius 3 is 2.37 bits per heavy atom. The minimum Gasteiger partial charge on any atom is -0.385 e. The van der Waals surface area contributed by atoms with E-state index in [9.17, 15) is 0 Å². The fourth-order valence-electron chi connectivity index (χ4n) is 2.91. The zero-order valence-corrected chi connectivity index (χ0v) is 13.1. The lowest BCUT2D eigenvalue weighted by molar-refractivity contribution is 0.155. The Balaban J connectivity index is 2.90. The van der Waals surface area contributed by atoms with Crippen LogP contribution in [-0.2, 0) is 10.2 Å². The molecule has 1 aromatic rings. The molecule has 0 heterocycles. The van der Waals surface area contributed by atoms with E-state index in [1.807, 2.05) is 0 Å². The molecular weight excluding hydrogens is 234 g/mol. The predicted octanol–water partition coefficient (Wildman–Crippen LogP) is 3.61. The topological polar surface area (TPSA) is 21.3 Å². The van der Waals surface area contributed by atoms with Gasteiger partial charge in [-0.15, -0.1) is 0 Å². The third kappa shape index (κ3) is 4.32. The van der Waals surface area contributed by atoms with Gasteiger partial charge in [0, 0.05) is 25.2 Å². The second-order valence-corrected chi connectivity index (χ2v) is 5.88. The van der Waals surface area contributed by atoms with Crippen LogP contribution in [0.1, 0.15) is 39.7 Å². The number of rotatable bonds is 8. The van der Waals surface area contributed by atoms with E-state index in [2.05, 4.69) is 63.3 Å². The highest BCUT2D eigenvalue weighted by Gasteiger charge is 2.34. The number of hydrogen-bond acceptors (Lipinski definition) is 2. The van der Waals surface area contributed by atoms with Crippen LogP contribution in [0.15, 0.2) is 30.3 Å². The largest absolute Gasteiger partial charge is 0.385 e. The summed E-state index contributed by atoms with van der Waals surface area (Å²) < 4.78 is 5.23. The highest BCUT2D eigenvalue weighted by Crippen LogP contribution is 2.32. The molecule has 0 saturated heterocycles. The van der Waals surface area contributed by atoms with Gasteiger partial charge in [-0.05, 0) is 24.4 Å². The molecule has 0 amide bonds. The number of ether oxygens (including phenoxy) is 1. The van der Waals surface area contributed by atoms with Crippen LogP contribution in [0.4, 0.5) is 0 Å². The molecule has 0 saturated carbocycles. The maximum Gasteiger partial charge on any atom is 0.0465 e. The van der Waals surface area contributed by atoms with Crippen molar-refractivity contribution in [3.8, 4) is 0 Å². The molecule has 2 nitrogen and oxygen atoms in total. The highest BCUT2D eigenvalue weighted by atomic mass is 16.5. The summed E-state index contributed by atoms with van der Waals surface area (Å²) in [7, 11) is 1.78. The van der Waals surface area contributed by atoms with E-state index in [1.165, 1.54) is 5.56 Å². The minimum atomic E-state index is 0.116. The Kier molecular flexibility index (Phi) is 6.53. The van der Waals surface area contributed by atoms with Gasteiger partial charge in [-0.3, -0.25) is 0 Å². The number of nitrogens with one attached hydrogen (secondary N) is 1. The maximum absolute atomic E-state index is 5.23. The molecule has 19 heavy (non-hydrogen) atoms. The molecule has 0 aliphatic heterocycles. The molecule has 2 heteroatoms. The Morgan fingerprint density at radius 2 is 1.84 bits per heavy atom. The summed E-state index contributed by atoms with van der Waals surface area (Å²) in [5, 5.41) is 3.67. The van der Waals surface area contributed by atoms with Gasteiger partial charge in [-0.2, -0.15) is 0 Å². The van der Waals surface area contributed by atoms with E-state index in [1.54, 1.807) is 7.11 Å². The van der Waals surface area contributed by atoms with E-state index >= 15 is 0 Å². The minimum absolute atomic E-state index is 0.116. The molecular formula is C17H29NO. The van der Waals surface area contributed by atoms with Crippen molar-refractivity contribution >= 4 is 0 Å². The summed E-state index contributed by atoms with van der Waals surface area (Å²) in [6.07, 6.45) is 1.09. The van der Waals surface area contributed by atoms with E-state index in [0.29, 0.717) is 12.0 Å². The van der Waals surface area contributed by atoms with Crippen molar-refractivity contribution < 1.29 is 4.74 Å². The number of methoxy groups -OCH3 is 1. The maximum atomic E-state index is 5.23. The van der Waals surface area contributed by atoms with E-state index < -0.39 is 0 Å². The number of likely N-dealkylation sites (N-methyl/N-ethyl adjacent to an activating group) is 1. The SMILES string of the molecule is CCNC(C(C)CCOC)C(C)(C)c1ccccc1. The molecule has 0 fully saturated rings. The first-order chi connectivity index (χ1) is 9.04. The van der Waals surface area contributed by atoms with Gasteiger partial charge >= 0.3 is 0 Å². The Hall–Kier alpha value is -0.860. The second-order valence-electron chi connectivity index (χ2n) is 5.88. The van der Waals surface area contributed by atoms with Crippen LogP contribution >= 0.6 is 0 Å². The molecule has 108 valence electrons. The first-order valence-electron chi connectivity index (χ1n) is 7.31. The summed E-state index contributed by atoms with van der Waals surface area (Å²) in [5.41, 5.74) is 1.51. The van der Waals surface area contributed by atoms with E-state index in [4.69, 9.17) is 4.74 Å². The monoisotopic (exact) mass is 263 g/mol. The molecule has 1 rings (SSSR count). The third-order valence-electron chi connectivity index (χ3n) is 4.07. The van der Waals surface area contributed by atoms with Crippen LogP contribution in [0.5, 0.6) is 0 Å². The van der Waals surface area contributed by atoms with Crippen molar-refractivity contribution in [2.24, 2.45) is 5.92 Å². The standard InChI is InChI=1S/C17H29NO/c1-6-18-16(14(2)12-13-19-5)17(3,4)15-10-8-7-9-11-15/h7-11,14,16,18H,6,12-13H2,1-5H3. The Bertz CT molecular complexity index is 348. The first-order valence-corrected chi connectivity index (χ1v) is 7.31. The zero-order valence-electron chi connectivity index (χ0n) is 13.1. The lowest BCUT2D eigenvalue weighted by Crippen LogP contribution is -2.49. The average molecular weight is 263 g/mol. The van der Waals surface area contributed by atoms with Crippen molar-refractivity contribution in [2.45, 2.75) is 45.6 Å². The summed E-state index contributed by atoms with van der Waals surface area (Å²) in [6, 6.07) is 11.2. The van der Waals surface area contributed by atoms with Gasteiger partial charge in [-0.25, -0.2) is 0 Å². The van der Waals surface area contributed by atoms with Crippen LogP contribution in [0, 0.1) is 5.92 Å². The van der Waals surface area contributed by atoms with Gasteiger partial charge in [0.1, 0.15) is 0 Å². The molecule has 0 radical (unpaired) electrons. The summed E-state index contributed by atoms with van der Waals surface area (Å²) in [6.45, 7) is 11.0. The van der Waals surface area contributed by atoms with Crippen molar-refractivity contribution in [1.29, 1.82) is 0 Å². The Morgan fingerprint density at radius 1 is 1.21 bits per heavy atom. The fraction of sp³-hybridized carbons (Fsp3) is 0.647. The van der Waals surface area contributed by atoms with Crippen molar-refractivity contribution in [3.05, 3.63) is 35.9 Å². The highest BCUT2D eigenvalue weighted by molar-refractivity contribution is 5.26. The van der Waals surface area contributed by atoms with Gasteiger partial charge in [0.25, 0.3) is 0 Å². The predicted molar refractivity (Wildman–Crippen MR) is 82.6 cm³/mol. The van der Waals surface area contributed by atoms with E-state index in [0.717, 1.165) is 19.6 Å².